The van der Waals surface area contributed by atoms with Gasteiger partial charge in [0.25, 0.3) is 0 Å². The number of fused-ring (bicyclic) bond motifs is 1. The van der Waals surface area contributed by atoms with Crippen LogP contribution in [-0.2, 0) is 17.8 Å². The molecule has 1 amide bonds. The lowest BCUT2D eigenvalue weighted by atomic mass is 10.0. The summed E-state index contributed by atoms with van der Waals surface area (Å²) in [5.74, 6) is 0.897. The monoisotopic (exact) mass is 376 g/mol. The number of nitrogens with zero attached hydrogens (tertiary/aromatic N) is 3. The van der Waals surface area contributed by atoms with Crippen LogP contribution < -0.4 is 9.64 Å². The van der Waals surface area contributed by atoms with Crippen molar-refractivity contribution in [2.75, 3.05) is 32.1 Å². The zero-order valence-corrected chi connectivity index (χ0v) is 16.2. The van der Waals surface area contributed by atoms with Crippen LogP contribution in [0.25, 0.3) is 11.3 Å². The summed E-state index contributed by atoms with van der Waals surface area (Å²) in [7, 11) is 3.61. The van der Waals surface area contributed by atoms with E-state index < -0.39 is 0 Å². The van der Waals surface area contributed by atoms with Crippen LogP contribution in [0, 0.1) is 0 Å². The number of methoxy groups -OCH3 is 1. The van der Waals surface area contributed by atoms with Crippen molar-refractivity contribution in [1.82, 2.24) is 15.1 Å². The maximum atomic E-state index is 12.9. The summed E-state index contributed by atoms with van der Waals surface area (Å²) in [6, 6.07) is 17.8. The highest BCUT2D eigenvalue weighted by molar-refractivity contribution is 5.82. The van der Waals surface area contributed by atoms with E-state index in [9.17, 15) is 4.79 Å². The number of aromatic nitrogens is 2. The van der Waals surface area contributed by atoms with Crippen molar-refractivity contribution in [3.8, 4) is 17.0 Å². The molecule has 1 aliphatic rings. The van der Waals surface area contributed by atoms with E-state index in [1.54, 1.807) is 7.11 Å². The Bertz CT molecular complexity index is 968. The van der Waals surface area contributed by atoms with Gasteiger partial charge in [0.2, 0.25) is 5.91 Å². The van der Waals surface area contributed by atoms with Gasteiger partial charge in [0.15, 0.2) is 0 Å². The van der Waals surface area contributed by atoms with E-state index in [0.717, 1.165) is 40.4 Å². The van der Waals surface area contributed by atoms with E-state index in [4.69, 9.17) is 4.74 Å². The molecule has 0 aliphatic carbocycles. The number of hydrogen-bond acceptors (Lipinski definition) is 4. The molecular weight excluding hydrogens is 352 g/mol. The van der Waals surface area contributed by atoms with Gasteiger partial charge < -0.3 is 14.5 Å². The topological polar surface area (TPSA) is 61.5 Å². The van der Waals surface area contributed by atoms with Gasteiger partial charge in [-0.05, 0) is 24.3 Å². The second kappa shape index (κ2) is 7.76. The van der Waals surface area contributed by atoms with E-state index in [1.807, 2.05) is 71.4 Å². The van der Waals surface area contributed by atoms with Gasteiger partial charge in [0, 0.05) is 49.1 Å². The second-order valence-electron chi connectivity index (χ2n) is 6.99. The fourth-order valence-electron chi connectivity index (χ4n) is 3.65. The standard InChI is InChI=1S/C22H24N4O2/c1-25(16-8-4-3-5-9-16)15-21(27)26-13-12-19-18(14-26)22(24-23-19)17-10-6-7-11-20(17)28-2/h3-11H,12-15H2,1-2H3,(H,23,24). The first-order valence-electron chi connectivity index (χ1n) is 9.41. The molecule has 0 spiro atoms. The van der Waals surface area contributed by atoms with Crippen LogP contribution in [0.5, 0.6) is 5.75 Å². The molecule has 1 aromatic heterocycles. The number of carbonyl (C=O) groups is 1. The first kappa shape index (κ1) is 18.1. The van der Waals surface area contributed by atoms with Gasteiger partial charge in [0.05, 0.1) is 13.7 Å². The first-order valence-corrected chi connectivity index (χ1v) is 9.41. The highest BCUT2D eigenvalue weighted by Crippen LogP contribution is 2.34. The molecule has 1 N–H and O–H groups in total. The lowest BCUT2D eigenvalue weighted by molar-refractivity contribution is -0.130. The van der Waals surface area contributed by atoms with Crippen LogP contribution in [0.2, 0.25) is 0 Å². The molecule has 0 unspecified atom stereocenters. The van der Waals surface area contributed by atoms with Gasteiger partial charge >= 0.3 is 0 Å². The largest absolute Gasteiger partial charge is 0.496 e. The number of nitrogens with one attached hydrogen (secondary N) is 1. The molecule has 0 fully saturated rings. The molecule has 0 radical (unpaired) electrons. The molecule has 0 bridgehead atoms. The minimum atomic E-state index is 0.115. The number of benzene rings is 2. The number of amides is 1. The lowest BCUT2D eigenvalue weighted by Gasteiger charge is -2.29. The summed E-state index contributed by atoms with van der Waals surface area (Å²) >= 11 is 0. The Morgan fingerprint density at radius 3 is 2.71 bits per heavy atom. The maximum Gasteiger partial charge on any atom is 0.242 e. The summed E-state index contributed by atoms with van der Waals surface area (Å²) in [6.07, 6.45) is 0.776. The number of ether oxygens (including phenoxy) is 1. The Hall–Kier alpha value is -3.28. The van der Waals surface area contributed by atoms with Gasteiger partial charge in [0.1, 0.15) is 11.4 Å². The van der Waals surface area contributed by atoms with Gasteiger partial charge in [-0.1, -0.05) is 30.3 Å². The summed E-state index contributed by atoms with van der Waals surface area (Å²) in [5, 5.41) is 7.67. The highest BCUT2D eigenvalue weighted by atomic mass is 16.5. The minimum absolute atomic E-state index is 0.115. The Balaban J connectivity index is 1.53. The quantitative estimate of drug-likeness (QED) is 0.743. The summed E-state index contributed by atoms with van der Waals surface area (Å²) < 4.78 is 5.49. The Kier molecular flexibility index (Phi) is 5.02. The average molecular weight is 376 g/mol. The Labute approximate surface area is 164 Å². The molecule has 2 aromatic carbocycles. The van der Waals surface area contributed by atoms with Crippen molar-refractivity contribution >= 4 is 11.6 Å². The molecule has 4 rings (SSSR count). The zero-order valence-electron chi connectivity index (χ0n) is 16.2. The number of rotatable bonds is 5. The third-order valence-corrected chi connectivity index (χ3v) is 5.22. The fourth-order valence-corrected chi connectivity index (χ4v) is 3.65. The molecule has 3 aromatic rings. The molecular formula is C22H24N4O2. The van der Waals surface area contributed by atoms with Crippen LogP contribution in [-0.4, -0.2) is 48.3 Å². The molecule has 6 nitrogen and oxygen atoms in total. The number of anilines is 1. The number of H-pyrrole nitrogens is 1. The van der Waals surface area contributed by atoms with E-state index in [1.165, 1.54) is 0 Å². The molecule has 1 aliphatic heterocycles. The normalized spacial score (nSPS) is 13.1. The summed E-state index contributed by atoms with van der Waals surface area (Å²) in [5.41, 5.74) is 5.01. The Morgan fingerprint density at radius 2 is 1.93 bits per heavy atom. The predicted molar refractivity (Wildman–Crippen MR) is 109 cm³/mol. The smallest absolute Gasteiger partial charge is 0.242 e. The van der Waals surface area contributed by atoms with E-state index in [0.29, 0.717) is 19.6 Å². The third-order valence-electron chi connectivity index (χ3n) is 5.22. The van der Waals surface area contributed by atoms with Crippen molar-refractivity contribution in [2.45, 2.75) is 13.0 Å². The Morgan fingerprint density at radius 1 is 1.18 bits per heavy atom. The number of hydrogen-bond donors (Lipinski definition) is 1. The zero-order chi connectivity index (χ0) is 19.5. The highest BCUT2D eigenvalue weighted by Gasteiger charge is 2.27. The average Bonchev–Trinajstić information content (AvgIpc) is 3.17. The molecule has 0 saturated heterocycles. The number of likely N-dealkylation sites (N-methyl/N-ethyl adjacent to an activating group) is 1. The molecule has 2 heterocycles. The lowest BCUT2D eigenvalue weighted by Crippen LogP contribution is -2.41. The van der Waals surface area contributed by atoms with Gasteiger partial charge in [-0.2, -0.15) is 5.10 Å². The molecule has 144 valence electrons. The summed E-state index contributed by atoms with van der Waals surface area (Å²) in [4.78, 5) is 16.8. The van der Waals surface area contributed by atoms with E-state index >= 15 is 0 Å². The van der Waals surface area contributed by atoms with Crippen LogP contribution >= 0.6 is 0 Å². The number of carbonyl (C=O) groups excluding carboxylic acids is 1. The van der Waals surface area contributed by atoms with E-state index in [2.05, 4.69) is 10.2 Å². The van der Waals surface area contributed by atoms with Crippen molar-refractivity contribution in [1.29, 1.82) is 0 Å². The molecule has 28 heavy (non-hydrogen) atoms. The fraction of sp³-hybridized carbons (Fsp3) is 0.273. The first-order chi connectivity index (χ1) is 13.7. The van der Waals surface area contributed by atoms with Crippen molar-refractivity contribution in [2.24, 2.45) is 0 Å². The van der Waals surface area contributed by atoms with E-state index in [-0.39, 0.29) is 5.91 Å². The molecule has 0 atom stereocenters. The molecule has 6 heteroatoms. The SMILES string of the molecule is COc1ccccc1-c1n[nH]c2c1CN(C(=O)CN(C)c1ccccc1)CC2. The predicted octanol–water partition coefficient (Wildman–Crippen LogP) is 3.11. The maximum absolute atomic E-state index is 12.9. The van der Waals surface area contributed by atoms with Gasteiger partial charge in [-0.25, -0.2) is 0 Å². The van der Waals surface area contributed by atoms with Crippen LogP contribution in [0.1, 0.15) is 11.3 Å². The number of para-hydroxylation sites is 2. The van der Waals surface area contributed by atoms with Crippen molar-refractivity contribution in [3.63, 3.8) is 0 Å². The van der Waals surface area contributed by atoms with Crippen LogP contribution in [0.3, 0.4) is 0 Å². The third kappa shape index (κ3) is 3.45. The van der Waals surface area contributed by atoms with Gasteiger partial charge in [-0.3, -0.25) is 9.89 Å². The second-order valence-corrected chi connectivity index (χ2v) is 6.99. The minimum Gasteiger partial charge on any atom is -0.496 e. The van der Waals surface area contributed by atoms with Crippen molar-refractivity contribution in [3.05, 3.63) is 65.9 Å². The van der Waals surface area contributed by atoms with Crippen LogP contribution in [0.4, 0.5) is 5.69 Å². The summed E-state index contributed by atoms with van der Waals surface area (Å²) in [6.45, 7) is 1.60. The van der Waals surface area contributed by atoms with Crippen molar-refractivity contribution < 1.29 is 9.53 Å². The molecule has 0 saturated carbocycles. The van der Waals surface area contributed by atoms with Crippen LogP contribution in [0.15, 0.2) is 54.6 Å². The van der Waals surface area contributed by atoms with Gasteiger partial charge in [-0.15, -0.1) is 0 Å². The number of aromatic amines is 1.